The van der Waals surface area contributed by atoms with Gasteiger partial charge in [0.2, 0.25) is 0 Å². The monoisotopic (exact) mass is 396 g/mol. The molecule has 0 fully saturated rings. The van der Waals surface area contributed by atoms with Crippen molar-refractivity contribution < 1.29 is 28.7 Å². The lowest BCUT2D eigenvalue weighted by atomic mass is 10.1. The number of carbonyl (C=O) groups excluding carboxylic acids is 4. The molecule has 0 saturated heterocycles. The Morgan fingerprint density at radius 3 is 2.72 bits per heavy atom. The first-order chi connectivity index (χ1) is 13.8. The van der Waals surface area contributed by atoms with Gasteiger partial charge in [-0.15, -0.1) is 0 Å². The fourth-order valence-corrected chi connectivity index (χ4v) is 2.73. The van der Waals surface area contributed by atoms with E-state index in [2.05, 4.69) is 10.6 Å². The lowest BCUT2D eigenvalue weighted by molar-refractivity contribution is -0.144. The third-order valence-electron chi connectivity index (χ3n) is 4.26. The molecule has 29 heavy (non-hydrogen) atoms. The van der Waals surface area contributed by atoms with Crippen molar-refractivity contribution in [3.63, 3.8) is 0 Å². The van der Waals surface area contributed by atoms with Gasteiger partial charge in [-0.25, -0.2) is 4.79 Å². The third kappa shape index (κ3) is 4.98. The Hall–Kier alpha value is -3.68. The summed E-state index contributed by atoms with van der Waals surface area (Å²) in [4.78, 5) is 48.0. The predicted octanol–water partition coefficient (Wildman–Crippen LogP) is 1.87. The SMILES string of the molecule is Cc1cccc(C(=O)N[C@@H](C)C(=O)OCC(=O)c2ccc3c(c2)NC(=O)CO3)c1. The van der Waals surface area contributed by atoms with Crippen LogP contribution < -0.4 is 15.4 Å². The average molecular weight is 396 g/mol. The van der Waals surface area contributed by atoms with E-state index in [0.29, 0.717) is 17.0 Å². The summed E-state index contributed by atoms with van der Waals surface area (Å²) in [6.45, 7) is 2.77. The molecule has 0 radical (unpaired) electrons. The van der Waals surface area contributed by atoms with Crippen LogP contribution in [-0.4, -0.2) is 42.8 Å². The Balaban J connectivity index is 1.54. The molecule has 0 spiro atoms. The fourth-order valence-electron chi connectivity index (χ4n) is 2.73. The highest BCUT2D eigenvalue weighted by atomic mass is 16.5. The van der Waals surface area contributed by atoms with Gasteiger partial charge in [0.05, 0.1) is 5.69 Å². The molecule has 0 aromatic heterocycles. The van der Waals surface area contributed by atoms with Gasteiger partial charge in [-0.3, -0.25) is 14.4 Å². The molecule has 1 aliphatic rings. The minimum atomic E-state index is -0.924. The van der Waals surface area contributed by atoms with E-state index >= 15 is 0 Å². The van der Waals surface area contributed by atoms with Crippen LogP contribution in [0.3, 0.4) is 0 Å². The molecule has 150 valence electrons. The molecule has 1 heterocycles. The summed E-state index contributed by atoms with van der Waals surface area (Å²) >= 11 is 0. The Morgan fingerprint density at radius 2 is 1.97 bits per heavy atom. The molecule has 0 saturated carbocycles. The molecule has 1 aliphatic heterocycles. The first kappa shape index (κ1) is 20.1. The van der Waals surface area contributed by atoms with Crippen LogP contribution in [-0.2, 0) is 14.3 Å². The number of hydrogen-bond acceptors (Lipinski definition) is 6. The van der Waals surface area contributed by atoms with Gasteiger partial charge in [-0.05, 0) is 44.2 Å². The zero-order chi connectivity index (χ0) is 21.0. The smallest absolute Gasteiger partial charge is 0.328 e. The van der Waals surface area contributed by atoms with Crippen LogP contribution in [0, 0.1) is 6.92 Å². The summed E-state index contributed by atoms with van der Waals surface area (Å²) in [5, 5.41) is 5.15. The zero-order valence-corrected chi connectivity index (χ0v) is 16.0. The second kappa shape index (κ2) is 8.55. The Labute approximate surface area is 167 Å². The number of nitrogens with one attached hydrogen (secondary N) is 2. The molecule has 2 aromatic carbocycles. The van der Waals surface area contributed by atoms with Gasteiger partial charge in [-0.2, -0.15) is 0 Å². The molecule has 2 amide bonds. The van der Waals surface area contributed by atoms with Gasteiger partial charge in [-0.1, -0.05) is 17.7 Å². The van der Waals surface area contributed by atoms with Crippen LogP contribution in [0.2, 0.25) is 0 Å². The molecule has 0 bridgehead atoms. The van der Waals surface area contributed by atoms with Gasteiger partial charge in [0, 0.05) is 11.1 Å². The maximum atomic E-state index is 12.3. The summed E-state index contributed by atoms with van der Waals surface area (Å²) in [7, 11) is 0. The highest BCUT2D eigenvalue weighted by Crippen LogP contribution is 2.28. The highest BCUT2D eigenvalue weighted by Gasteiger charge is 2.21. The number of fused-ring (bicyclic) bond motifs is 1. The third-order valence-corrected chi connectivity index (χ3v) is 4.26. The second-order valence-corrected chi connectivity index (χ2v) is 6.64. The van der Waals surface area contributed by atoms with Gasteiger partial charge in [0.15, 0.2) is 19.0 Å². The lowest BCUT2D eigenvalue weighted by Gasteiger charge is -2.18. The molecule has 0 unspecified atom stereocenters. The topological polar surface area (TPSA) is 111 Å². The number of ketones is 1. The van der Waals surface area contributed by atoms with E-state index in [1.807, 2.05) is 13.0 Å². The normalized spacial score (nSPS) is 13.4. The summed E-state index contributed by atoms with van der Waals surface area (Å²) in [6, 6.07) is 10.6. The number of carbonyl (C=O) groups is 4. The van der Waals surface area contributed by atoms with Gasteiger partial charge >= 0.3 is 5.97 Å². The minimum absolute atomic E-state index is 0.0793. The first-order valence-electron chi connectivity index (χ1n) is 8.97. The number of aryl methyl sites for hydroxylation is 1. The molecular weight excluding hydrogens is 376 g/mol. The van der Waals surface area contributed by atoms with Crippen molar-refractivity contribution in [3.8, 4) is 5.75 Å². The lowest BCUT2D eigenvalue weighted by Crippen LogP contribution is -2.40. The van der Waals surface area contributed by atoms with Crippen molar-refractivity contribution in [1.82, 2.24) is 5.32 Å². The van der Waals surface area contributed by atoms with E-state index < -0.39 is 30.3 Å². The fraction of sp³-hybridized carbons (Fsp3) is 0.238. The number of rotatable bonds is 6. The molecule has 2 N–H and O–H groups in total. The number of esters is 1. The van der Waals surface area contributed by atoms with Crippen LogP contribution in [0.4, 0.5) is 5.69 Å². The van der Waals surface area contributed by atoms with Crippen molar-refractivity contribution in [2.75, 3.05) is 18.5 Å². The maximum Gasteiger partial charge on any atom is 0.328 e. The van der Waals surface area contributed by atoms with Gasteiger partial charge in [0.1, 0.15) is 11.8 Å². The van der Waals surface area contributed by atoms with Crippen LogP contribution >= 0.6 is 0 Å². The molecule has 8 nitrogen and oxygen atoms in total. The van der Waals surface area contributed by atoms with Gasteiger partial charge in [0.25, 0.3) is 11.8 Å². The van der Waals surface area contributed by atoms with E-state index in [9.17, 15) is 19.2 Å². The van der Waals surface area contributed by atoms with Crippen LogP contribution in [0.25, 0.3) is 0 Å². The maximum absolute atomic E-state index is 12.3. The molecule has 3 rings (SSSR count). The predicted molar refractivity (Wildman–Crippen MR) is 104 cm³/mol. The van der Waals surface area contributed by atoms with E-state index in [4.69, 9.17) is 9.47 Å². The summed E-state index contributed by atoms with van der Waals surface area (Å²) in [5.41, 5.74) is 2.00. The van der Waals surface area contributed by atoms with E-state index in [-0.39, 0.29) is 18.1 Å². The number of ether oxygens (including phenoxy) is 2. The largest absolute Gasteiger partial charge is 0.482 e. The van der Waals surface area contributed by atoms with Crippen molar-refractivity contribution >= 4 is 29.3 Å². The Kier molecular flexibility index (Phi) is 5.92. The number of amides is 2. The van der Waals surface area contributed by atoms with Crippen molar-refractivity contribution in [2.45, 2.75) is 19.9 Å². The first-order valence-corrected chi connectivity index (χ1v) is 8.97. The highest BCUT2D eigenvalue weighted by molar-refractivity contribution is 6.02. The number of Topliss-reactive ketones (excluding diaryl/α,β-unsaturated/α-hetero) is 1. The van der Waals surface area contributed by atoms with Crippen molar-refractivity contribution in [2.24, 2.45) is 0 Å². The Bertz CT molecular complexity index is 985. The number of anilines is 1. The molecular formula is C21H20N2O6. The molecule has 2 aromatic rings. The van der Waals surface area contributed by atoms with Crippen LogP contribution in [0.15, 0.2) is 42.5 Å². The summed E-state index contributed by atoms with van der Waals surface area (Å²) < 4.78 is 10.3. The summed E-state index contributed by atoms with van der Waals surface area (Å²) in [5.74, 6) is -1.43. The molecule has 8 heteroatoms. The zero-order valence-electron chi connectivity index (χ0n) is 16.0. The average Bonchev–Trinajstić information content (AvgIpc) is 2.71. The van der Waals surface area contributed by atoms with E-state index in [1.165, 1.54) is 19.1 Å². The number of hydrogen-bond donors (Lipinski definition) is 2. The van der Waals surface area contributed by atoms with Crippen molar-refractivity contribution in [1.29, 1.82) is 0 Å². The number of benzene rings is 2. The van der Waals surface area contributed by atoms with E-state index in [0.717, 1.165) is 5.56 Å². The Morgan fingerprint density at radius 1 is 1.17 bits per heavy atom. The van der Waals surface area contributed by atoms with Crippen molar-refractivity contribution in [3.05, 3.63) is 59.2 Å². The minimum Gasteiger partial charge on any atom is -0.482 e. The van der Waals surface area contributed by atoms with Crippen LogP contribution in [0.1, 0.15) is 33.2 Å². The van der Waals surface area contributed by atoms with Crippen LogP contribution in [0.5, 0.6) is 5.75 Å². The second-order valence-electron chi connectivity index (χ2n) is 6.64. The summed E-state index contributed by atoms with van der Waals surface area (Å²) in [6.07, 6.45) is 0. The standard InChI is InChI=1S/C21H20N2O6/c1-12-4-3-5-15(8-12)20(26)22-13(2)21(27)29-10-17(24)14-6-7-18-16(9-14)23-19(25)11-28-18/h3-9,13H,10-11H2,1-2H3,(H,22,26)(H,23,25)/t13-/m0/s1. The van der Waals surface area contributed by atoms with Gasteiger partial charge < -0.3 is 20.1 Å². The molecule has 0 aliphatic carbocycles. The van der Waals surface area contributed by atoms with E-state index in [1.54, 1.807) is 24.3 Å². The quantitative estimate of drug-likeness (QED) is 0.570. The molecule has 1 atom stereocenters.